The van der Waals surface area contributed by atoms with Crippen LogP contribution < -0.4 is 0 Å². The van der Waals surface area contributed by atoms with Crippen molar-refractivity contribution in [2.45, 2.75) is 6.42 Å². The monoisotopic (exact) mass is 380 g/mol. The van der Waals surface area contributed by atoms with Crippen molar-refractivity contribution < 1.29 is 4.79 Å². The molecule has 1 heterocycles. The molecule has 0 aliphatic rings. The van der Waals surface area contributed by atoms with Crippen LogP contribution in [0.4, 0.5) is 0 Å². The van der Waals surface area contributed by atoms with Crippen LogP contribution in [0.3, 0.4) is 0 Å². The SMILES string of the molecule is O=C(c1ccccc1)N(C/C=C/c1ccccc1)CCc1c[nH]c2ccccc12. The van der Waals surface area contributed by atoms with Gasteiger partial charge in [-0.2, -0.15) is 0 Å². The van der Waals surface area contributed by atoms with E-state index in [1.807, 2.05) is 59.5 Å². The van der Waals surface area contributed by atoms with Crippen LogP contribution in [0.25, 0.3) is 17.0 Å². The molecular formula is C26H24N2O. The van der Waals surface area contributed by atoms with Crippen molar-refractivity contribution in [3.8, 4) is 0 Å². The van der Waals surface area contributed by atoms with Gasteiger partial charge in [-0.05, 0) is 35.7 Å². The minimum absolute atomic E-state index is 0.0585. The number of benzene rings is 3. The molecule has 3 aromatic carbocycles. The van der Waals surface area contributed by atoms with Gasteiger partial charge in [-0.15, -0.1) is 0 Å². The van der Waals surface area contributed by atoms with Crippen LogP contribution in [-0.4, -0.2) is 28.9 Å². The lowest BCUT2D eigenvalue weighted by Gasteiger charge is -2.21. The van der Waals surface area contributed by atoms with Gasteiger partial charge >= 0.3 is 0 Å². The summed E-state index contributed by atoms with van der Waals surface area (Å²) in [7, 11) is 0. The minimum atomic E-state index is 0.0585. The number of carbonyl (C=O) groups is 1. The number of nitrogens with zero attached hydrogens (tertiary/aromatic N) is 1. The van der Waals surface area contributed by atoms with Gasteiger partial charge in [0.1, 0.15) is 0 Å². The van der Waals surface area contributed by atoms with E-state index in [9.17, 15) is 4.79 Å². The highest BCUT2D eigenvalue weighted by atomic mass is 16.2. The van der Waals surface area contributed by atoms with E-state index in [0.717, 1.165) is 23.1 Å². The zero-order valence-electron chi connectivity index (χ0n) is 16.3. The average molecular weight is 380 g/mol. The number of carbonyl (C=O) groups excluding carboxylic acids is 1. The first-order valence-electron chi connectivity index (χ1n) is 9.92. The summed E-state index contributed by atoms with van der Waals surface area (Å²) in [5, 5.41) is 1.22. The maximum atomic E-state index is 13.1. The molecule has 0 saturated carbocycles. The number of nitrogens with one attached hydrogen (secondary N) is 1. The van der Waals surface area contributed by atoms with Crippen LogP contribution in [0.15, 0.2) is 97.2 Å². The van der Waals surface area contributed by atoms with Gasteiger partial charge in [-0.25, -0.2) is 0 Å². The van der Waals surface area contributed by atoms with Crippen LogP contribution in [0, 0.1) is 0 Å². The van der Waals surface area contributed by atoms with E-state index in [-0.39, 0.29) is 5.91 Å². The van der Waals surface area contributed by atoms with Gasteiger partial charge in [0.05, 0.1) is 0 Å². The number of hydrogen-bond donors (Lipinski definition) is 1. The number of aromatic amines is 1. The van der Waals surface area contributed by atoms with Crippen LogP contribution in [0.2, 0.25) is 0 Å². The van der Waals surface area contributed by atoms with E-state index < -0.39 is 0 Å². The summed E-state index contributed by atoms with van der Waals surface area (Å²) < 4.78 is 0. The first-order chi connectivity index (χ1) is 14.3. The molecule has 3 heteroatoms. The van der Waals surface area contributed by atoms with Gasteiger partial charge in [-0.3, -0.25) is 4.79 Å². The Morgan fingerprint density at radius 1 is 0.862 bits per heavy atom. The molecule has 29 heavy (non-hydrogen) atoms. The third kappa shape index (κ3) is 4.64. The molecule has 0 unspecified atom stereocenters. The Hall–Kier alpha value is -3.59. The Kier molecular flexibility index (Phi) is 5.87. The molecular weight excluding hydrogens is 356 g/mol. The third-order valence-corrected chi connectivity index (χ3v) is 5.07. The second-order valence-corrected chi connectivity index (χ2v) is 7.04. The smallest absolute Gasteiger partial charge is 0.254 e. The molecule has 0 spiro atoms. The van der Waals surface area contributed by atoms with E-state index in [1.54, 1.807) is 0 Å². The van der Waals surface area contributed by atoms with Crippen LogP contribution in [-0.2, 0) is 6.42 Å². The zero-order valence-corrected chi connectivity index (χ0v) is 16.3. The lowest BCUT2D eigenvalue weighted by atomic mass is 10.1. The lowest BCUT2D eigenvalue weighted by Crippen LogP contribution is -2.33. The lowest BCUT2D eigenvalue weighted by molar-refractivity contribution is 0.0776. The van der Waals surface area contributed by atoms with E-state index >= 15 is 0 Å². The third-order valence-electron chi connectivity index (χ3n) is 5.07. The molecule has 1 aromatic heterocycles. The number of H-pyrrole nitrogens is 1. The van der Waals surface area contributed by atoms with Crippen LogP contribution in [0.5, 0.6) is 0 Å². The van der Waals surface area contributed by atoms with E-state index in [0.29, 0.717) is 13.1 Å². The van der Waals surface area contributed by atoms with E-state index in [1.165, 1.54) is 10.9 Å². The molecule has 0 bridgehead atoms. The number of hydrogen-bond acceptors (Lipinski definition) is 1. The molecule has 1 N–H and O–H groups in total. The number of aromatic nitrogens is 1. The van der Waals surface area contributed by atoms with Crippen LogP contribution in [0.1, 0.15) is 21.5 Å². The van der Waals surface area contributed by atoms with E-state index in [2.05, 4.69) is 53.7 Å². The van der Waals surface area contributed by atoms with Gasteiger partial charge < -0.3 is 9.88 Å². The Labute approximate surface area is 171 Å². The van der Waals surface area contributed by atoms with Crippen molar-refractivity contribution in [2.75, 3.05) is 13.1 Å². The average Bonchev–Trinajstić information content (AvgIpc) is 3.20. The first kappa shape index (κ1) is 18.8. The summed E-state index contributed by atoms with van der Waals surface area (Å²) in [6.45, 7) is 1.24. The fourth-order valence-electron chi connectivity index (χ4n) is 3.51. The number of fused-ring (bicyclic) bond motifs is 1. The molecule has 0 aliphatic carbocycles. The summed E-state index contributed by atoms with van der Waals surface area (Å²) in [5.74, 6) is 0.0585. The highest BCUT2D eigenvalue weighted by Gasteiger charge is 2.15. The topological polar surface area (TPSA) is 36.1 Å². The molecule has 4 aromatic rings. The summed E-state index contributed by atoms with van der Waals surface area (Å²) in [6.07, 6.45) is 6.99. The maximum Gasteiger partial charge on any atom is 0.254 e. The molecule has 0 fully saturated rings. The second kappa shape index (κ2) is 9.07. The van der Waals surface area contributed by atoms with Crippen molar-refractivity contribution in [1.82, 2.24) is 9.88 Å². The predicted octanol–water partition coefficient (Wildman–Crippen LogP) is 5.57. The van der Waals surface area contributed by atoms with Gasteiger partial charge in [0.15, 0.2) is 0 Å². The Bertz CT molecular complexity index is 1100. The van der Waals surface area contributed by atoms with Crippen LogP contribution >= 0.6 is 0 Å². The van der Waals surface area contributed by atoms with Crippen molar-refractivity contribution in [1.29, 1.82) is 0 Å². The van der Waals surface area contributed by atoms with Crippen molar-refractivity contribution in [2.24, 2.45) is 0 Å². The quantitative estimate of drug-likeness (QED) is 0.447. The Balaban J connectivity index is 1.51. The number of para-hydroxylation sites is 1. The largest absolute Gasteiger partial charge is 0.361 e. The number of rotatable bonds is 7. The van der Waals surface area contributed by atoms with Crippen molar-refractivity contribution in [3.05, 3.63) is 114 Å². The van der Waals surface area contributed by atoms with Crippen molar-refractivity contribution in [3.63, 3.8) is 0 Å². The van der Waals surface area contributed by atoms with Gasteiger partial charge in [0.2, 0.25) is 0 Å². The summed E-state index contributed by atoms with van der Waals surface area (Å²) in [6, 6.07) is 27.9. The minimum Gasteiger partial charge on any atom is -0.361 e. The van der Waals surface area contributed by atoms with Crippen molar-refractivity contribution >= 4 is 22.9 Å². The van der Waals surface area contributed by atoms with Gasteiger partial charge in [0, 0.05) is 35.8 Å². The maximum absolute atomic E-state index is 13.1. The first-order valence-corrected chi connectivity index (χ1v) is 9.92. The fourth-order valence-corrected chi connectivity index (χ4v) is 3.51. The summed E-state index contributed by atoms with van der Waals surface area (Å²) in [5.41, 5.74) is 4.22. The molecule has 0 atom stereocenters. The molecule has 0 saturated heterocycles. The molecule has 1 amide bonds. The summed E-state index contributed by atoms with van der Waals surface area (Å²) in [4.78, 5) is 18.3. The molecule has 3 nitrogen and oxygen atoms in total. The number of amides is 1. The Morgan fingerprint density at radius 2 is 1.55 bits per heavy atom. The standard InChI is InChI=1S/C26H24N2O/c29-26(22-13-5-2-6-14-22)28(18-9-12-21-10-3-1-4-11-21)19-17-23-20-27-25-16-8-7-15-24(23)25/h1-16,20,27H,17-19H2/b12-9+. The Morgan fingerprint density at radius 3 is 2.34 bits per heavy atom. The molecule has 4 rings (SSSR count). The highest BCUT2D eigenvalue weighted by molar-refractivity contribution is 5.94. The molecule has 0 aliphatic heterocycles. The summed E-state index contributed by atoms with van der Waals surface area (Å²) >= 11 is 0. The normalized spacial score (nSPS) is 11.2. The molecule has 0 radical (unpaired) electrons. The highest BCUT2D eigenvalue weighted by Crippen LogP contribution is 2.19. The molecule has 144 valence electrons. The van der Waals surface area contributed by atoms with Gasteiger partial charge in [0.25, 0.3) is 5.91 Å². The zero-order chi connectivity index (χ0) is 19.9. The second-order valence-electron chi connectivity index (χ2n) is 7.04. The van der Waals surface area contributed by atoms with E-state index in [4.69, 9.17) is 0 Å². The van der Waals surface area contributed by atoms with Gasteiger partial charge in [-0.1, -0.05) is 78.9 Å². The predicted molar refractivity (Wildman–Crippen MR) is 120 cm³/mol. The fraction of sp³-hybridized carbons (Fsp3) is 0.115.